The molecule has 0 fully saturated rings. The first-order chi connectivity index (χ1) is 4.63. The Kier molecular flexibility index (Phi) is 0.729. The molecule has 0 aliphatic heterocycles. The summed E-state index contributed by atoms with van der Waals surface area (Å²) >= 11 is 0. The van der Waals surface area contributed by atoms with Gasteiger partial charge in [0.25, 0.3) is 0 Å². The second-order valence-electron chi connectivity index (χ2n) is 1.61. The molecule has 0 saturated heterocycles. The molecule has 1 aromatic rings. The molecule has 1 N–H and O–H groups in total. The fraction of sp³-hybridized carbons (Fsp3) is 0.143. The van der Waals surface area contributed by atoms with E-state index in [1.807, 2.05) is 0 Å². The Morgan fingerprint density at radius 2 is 2.50 bits per heavy atom. The molecule has 0 spiro atoms. The first-order valence-corrected chi connectivity index (χ1v) is 2.38. The molecule has 1 aromatic carbocycles. The highest BCUT2D eigenvalue weighted by molar-refractivity contribution is 5.25. The standard InChI is InChI=1S/C7H8O/c1-6-3-2-4-7(8)5-6/h2-5,8H,1H3/i3D,5D. The number of aromatic hydroxyl groups is 1. The maximum absolute atomic E-state index is 8.95. The number of phenolic OH excluding ortho intramolecular Hbond substituents is 1. The minimum Gasteiger partial charge on any atom is -0.508 e. The number of hydrogen-bond acceptors (Lipinski definition) is 1. The second kappa shape index (κ2) is 1.86. The van der Waals surface area contributed by atoms with E-state index in [9.17, 15) is 0 Å². The van der Waals surface area contributed by atoms with E-state index in [-0.39, 0.29) is 11.8 Å². The predicted molar refractivity (Wildman–Crippen MR) is 32.8 cm³/mol. The van der Waals surface area contributed by atoms with Gasteiger partial charge in [0.1, 0.15) is 5.75 Å². The quantitative estimate of drug-likeness (QED) is 0.539. The van der Waals surface area contributed by atoms with Gasteiger partial charge < -0.3 is 5.11 Å². The summed E-state index contributed by atoms with van der Waals surface area (Å²) in [5.41, 5.74) is 0.514. The third kappa shape index (κ3) is 0.997. The SMILES string of the molecule is [2H]c1ccc(O)c([2H])c1C. The highest BCUT2D eigenvalue weighted by Crippen LogP contribution is 2.08. The zero-order valence-corrected chi connectivity index (χ0v) is 4.60. The number of rotatable bonds is 0. The molecule has 8 heavy (non-hydrogen) atoms. The van der Waals surface area contributed by atoms with Crippen molar-refractivity contribution in [2.45, 2.75) is 6.92 Å². The minimum absolute atomic E-state index is 0.0486. The first kappa shape index (κ1) is 3.13. The first-order valence-electron chi connectivity index (χ1n) is 3.38. The Balaban J connectivity index is 3.34. The lowest BCUT2D eigenvalue weighted by Gasteiger charge is -1.89. The largest absolute Gasteiger partial charge is 0.508 e. The molecular formula is C7H8O. The third-order valence-corrected chi connectivity index (χ3v) is 0.857. The van der Waals surface area contributed by atoms with E-state index in [1.54, 1.807) is 6.92 Å². The van der Waals surface area contributed by atoms with Gasteiger partial charge in [0.15, 0.2) is 0 Å². The molecule has 0 aliphatic carbocycles. The maximum atomic E-state index is 8.95. The van der Waals surface area contributed by atoms with Crippen molar-refractivity contribution >= 4 is 0 Å². The Morgan fingerprint density at radius 3 is 3.12 bits per heavy atom. The topological polar surface area (TPSA) is 20.2 Å². The highest BCUT2D eigenvalue weighted by Gasteiger charge is 1.83. The highest BCUT2D eigenvalue weighted by atomic mass is 16.3. The van der Waals surface area contributed by atoms with Crippen LogP contribution in [0.3, 0.4) is 0 Å². The van der Waals surface area contributed by atoms with Crippen molar-refractivity contribution in [3.63, 3.8) is 0 Å². The van der Waals surface area contributed by atoms with E-state index in [2.05, 4.69) is 0 Å². The van der Waals surface area contributed by atoms with Gasteiger partial charge in [0.05, 0.1) is 2.74 Å². The van der Waals surface area contributed by atoms with E-state index < -0.39 is 0 Å². The molecule has 0 radical (unpaired) electrons. The lowest BCUT2D eigenvalue weighted by Crippen LogP contribution is -1.66. The number of hydrogen-bond donors (Lipinski definition) is 1. The fourth-order valence-electron chi connectivity index (χ4n) is 0.515. The molecule has 0 aliphatic rings. The molecule has 0 bridgehead atoms. The van der Waals surface area contributed by atoms with Gasteiger partial charge in [0, 0.05) is 0 Å². The molecule has 0 saturated carbocycles. The molecule has 0 heterocycles. The molecule has 42 valence electrons. The average molecular weight is 110 g/mol. The van der Waals surface area contributed by atoms with Crippen molar-refractivity contribution in [1.82, 2.24) is 0 Å². The van der Waals surface area contributed by atoms with Crippen LogP contribution in [-0.2, 0) is 0 Å². The van der Waals surface area contributed by atoms with Crippen molar-refractivity contribution in [3.8, 4) is 5.75 Å². The van der Waals surface area contributed by atoms with Crippen molar-refractivity contribution < 1.29 is 7.85 Å². The van der Waals surface area contributed by atoms with Crippen molar-refractivity contribution in [3.05, 3.63) is 29.8 Å². The lowest BCUT2D eigenvalue weighted by atomic mass is 10.2. The van der Waals surface area contributed by atoms with E-state index >= 15 is 0 Å². The van der Waals surface area contributed by atoms with Crippen molar-refractivity contribution in [2.24, 2.45) is 0 Å². The second-order valence-corrected chi connectivity index (χ2v) is 1.61. The van der Waals surface area contributed by atoms with Gasteiger partial charge in [0.2, 0.25) is 0 Å². The minimum atomic E-state index is -0.0616. The van der Waals surface area contributed by atoms with Gasteiger partial charge in [-0.3, -0.25) is 0 Å². The number of benzene rings is 1. The molecule has 1 nitrogen and oxygen atoms in total. The maximum Gasteiger partial charge on any atom is 0.115 e. The normalized spacial score (nSPS) is 12.6. The third-order valence-electron chi connectivity index (χ3n) is 0.857. The van der Waals surface area contributed by atoms with Gasteiger partial charge in [-0.15, -0.1) is 0 Å². The van der Waals surface area contributed by atoms with Crippen LogP contribution in [0.1, 0.15) is 8.30 Å². The zero-order chi connectivity index (χ0) is 7.72. The Bertz CT molecular complexity index is 231. The van der Waals surface area contributed by atoms with Crippen LogP contribution in [0.5, 0.6) is 5.75 Å². The monoisotopic (exact) mass is 110 g/mol. The van der Waals surface area contributed by atoms with Gasteiger partial charge in [-0.1, -0.05) is 12.1 Å². The summed E-state index contributed by atoms with van der Waals surface area (Å²) in [6, 6.07) is 3.18. The Labute approximate surface area is 51.4 Å². The number of phenols is 1. The molecular weight excluding hydrogens is 100 g/mol. The fourth-order valence-corrected chi connectivity index (χ4v) is 0.515. The van der Waals surface area contributed by atoms with Crippen LogP contribution in [0.15, 0.2) is 24.2 Å². The van der Waals surface area contributed by atoms with E-state index in [4.69, 9.17) is 7.85 Å². The summed E-state index contributed by atoms with van der Waals surface area (Å²) in [7, 11) is 0. The average Bonchev–Trinajstić information content (AvgIpc) is 1.93. The van der Waals surface area contributed by atoms with Gasteiger partial charge >= 0.3 is 0 Å². The van der Waals surface area contributed by atoms with Crippen molar-refractivity contribution in [2.75, 3.05) is 0 Å². The predicted octanol–water partition coefficient (Wildman–Crippen LogP) is 1.70. The van der Waals surface area contributed by atoms with E-state index in [0.717, 1.165) is 0 Å². The summed E-state index contributed by atoms with van der Waals surface area (Å²) < 4.78 is 14.4. The summed E-state index contributed by atoms with van der Waals surface area (Å²) in [5.74, 6) is -0.0616. The molecule has 1 heteroatoms. The molecule has 0 amide bonds. The summed E-state index contributed by atoms with van der Waals surface area (Å²) in [6.45, 7) is 1.64. The van der Waals surface area contributed by atoms with E-state index in [0.29, 0.717) is 11.6 Å². The van der Waals surface area contributed by atoms with Crippen LogP contribution in [0.4, 0.5) is 0 Å². The zero-order valence-electron chi connectivity index (χ0n) is 6.60. The van der Waals surface area contributed by atoms with E-state index in [1.165, 1.54) is 12.1 Å². The Hall–Kier alpha value is -0.980. The van der Waals surface area contributed by atoms with Gasteiger partial charge in [-0.2, -0.15) is 0 Å². The van der Waals surface area contributed by atoms with Gasteiger partial charge in [-0.25, -0.2) is 0 Å². The van der Waals surface area contributed by atoms with Crippen molar-refractivity contribution in [1.29, 1.82) is 0 Å². The summed E-state index contributed by atoms with van der Waals surface area (Å²) in [4.78, 5) is 0. The smallest absolute Gasteiger partial charge is 0.115 e. The molecule has 0 atom stereocenters. The van der Waals surface area contributed by atoms with Crippen LogP contribution in [-0.4, -0.2) is 5.11 Å². The molecule has 1 rings (SSSR count). The van der Waals surface area contributed by atoms with Crippen LogP contribution in [0.2, 0.25) is 0 Å². The van der Waals surface area contributed by atoms with Crippen LogP contribution in [0, 0.1) is 6.92 Å². The van der Waals surface area contributed by atoms with Crippen LogP contribution < -0.4 is 0 Å². The van der Waals surface area contributed by atoms with Crippen LogP contribution >= 0.6 is 0 Å². The Morgan fingerprint density at radius 1 is 1.75 bits per heavy atom. The summed E-state index contributed by atoms with van der Waals surface area (Å²) in [6.07, 6.45) is 0. The summed E-state index contributed by atoms with van der Waals surface area (Å²) in [5, 5.41) is 8.95. The van der Waals surface area contributed by atoms with Gasteiger partial charge in [-0.05, 0) is 24.6 Å². The molecule has 0 unspecified atom stereocenters. The molecule has 0 aromatic heterocycles. The lowest BCUT2D eigenvalue weighted by molar-refractivity contribution is 0.475. The van der Waals surface area contributed by atoms with Crippen LogP contribution in [0.25, 0.3) is 0 Å².